The Morgan fingerprint density at radius 1 is 1.28 bits per heavy atom. The lowest BCUT2D eigenvalue weighted by molar-refractivity contribution is -0.0512. The number of ether oxygens (including phenoxy) is 2. The Bertz CT molecular complexity index is 823. The van der Waals surface area contributed by atoms with E-state index in [0.29, 0.717) is 13.1 Å². The average Bonchev–Trinajstić information content (AvgIpc) is 2.57. The van der Waals surface area contributed by atoms with E-state index in [1.54, 1.807) is 25.2 Å². The summed E-state index contributed by atoms with van der Waals surface area (Å²) in [5, 5.41) is 4.29. The van der Waals surface area contributed by atoms with Crippen molar-refractivity contribution in [3.8, 4) is 11.5 Å². The molecule has 0 fully saturated rings. The number of nitrogens with zero attached hydrogens (tertiary/aromatic N) is 3. The number of alkyl halides is 2. The van der Waals surface area contributed by atoms with E-state index in [9.17, 15) is 13.6 Å². The van der Waals surface area contributed by atoms with Crippen molar-refractivity contribution < 1.29 is 18.3 Å². The van der Waals surface area contributed by atoms with E-state index < -0.39 is 6.61 Å². The molecule has 1 aromatic heterocycles. The number of rotatable bonds is 5. The number of halogens is 2. The SMILES string of the molecule is COc1cc(CN2CCc3nn(C)c(=O)cc3C2)ccc1OC(F)F. The summed E-state index contributed by atoms with van der Waals surface area (Å²) < 4.78 is 35.7. The lowest BCUT2D eigenvalue weighted by Gasteiger charge is -2.28. The summed E-state index contributed by atoms with van der Waals surface area (Å²) in [7, 11) is 3.06. The van der Waals surface area contributed by atoms with Crippen molar-refractivity contribution in [2.24, 2.45) is 7.05 Å². The number of aromatic nitrogens is 2. The average molecular weight is 351 g/mol. The number of hydrogen-bond acceptors (Lipinski definition) is 5. The summed E-state index contributed by atoms with van der Waals surface area (Å²) in [6, 6.07) is 6.53. The number of benzene rings is 1. The maximum Gasteiger partial charge on any atom is 0.387 e. The first-order valence-electron chi connectivity index (χ1n) is 7.86. The molecule has 0 saturated heterocycles. The highest BCUT2D eigenvalue weighted by Crippen LogP contribution is 2.30. The molecule has 2 heterocycles. The molecular weight excluding hydrogens is 332 g/mol. The molecule has 0 N–H and O–H groups in total. The summed E-state index contributed by atoms with van der Waals surface area (Å²) in [6.07, 6.45) is 0.757. The van der Waals surface area contributed by atoms with Crippen LogP contribution in [0.4, 0.5) is 8.78 Å². The van der Waals surface area contributed by atoms with E-state index in [1.165, 1.54) is 17.9 Å². The highest BCUT2D eigenvalue weighted by atomic mass is 19.3. The Morgan fingerprint density at radius 3 is 2.80 bits per heavy atom. The van der Waals surface area contributed by atoms with Gasteiger partial charge in [0.15, 0.2) is 11.5 Å². The largest absolute Gasteiger partial charge is 0.493 e. The van der Waals surface area contributed by atoms with Crippen LogP contribution in [0.3, 0.4) is 0 Å². The lowest BCUT2D eigenvalue weighted by Crippen LogP contribution is -2.34. The van der Waals surface area contributed by atoms with Crippen LogP contribution in [0.5, 0.6) is 11.5 Å². The zero-order valence-corrected chi connectivity index (χ0v) is 14.0. The van der Waals surface area contributed by atoms with Crippen LogP contribution in [0.1, 0.15) is 16.8 Å². The summed E-state index contributed by atoms with van der Waals surface area (Å²) in [5.41, 5.74) is 2.66. The fourth-order valence-electron chi connectivity index (χ4n) is 2.95. The van der Waals surface area contributed by atoms with Gasteiger partial charge in [-0.15, -0.1) is 0 Å². The minimum Gasteiger partial charge on any atom is -0.493 e. The van der Waals surface area contributed by atoms with E-state index in [1.807, 2.05) is 0 Å². The smallest absolute Gasteiger partial charge is 0.387 e. The molecule has 2 aromatic rings. The second-order valence-electron chi connectivity index (χ2n) is 5.90. The van der Waals surface area contributed by atoms with Crippen molar-refractivity contribution in [3.05, 3.63) is 51.4 Å². The minimum atomic E-state index is -2.89. The summed E-state index contributed by atoms with van der Waals surface area (Å²) in [5.74, 6) is 0.281. The Kier molecular flexibility index (Phi) is 4.98. The fraction of sp³-hybridized carbons (Fsp3) is 0.412. The third-order valence-corrected chi connectivity index (χ3v) is 4.17. The molecule has 8 heteroatoms. The molecule has 134 valence electrons. The highest BCUT2D eigenvalue weighted by Gasteiger charge is 2.19. The van der Waals surface area contributed by atoms with Crippen LogP contribution in [0, 0.1) is 0 Å². The molecule has 1 aliphatic heterocycles. The van der Waals surface area contributed by atoms with Crippen molar-refractivity contribution in [2.75, 3.05) is 13.7 Å². The van der Waals surface area contributed by atoms with Crippen LogP contribution >= 0.6 is 0 Å². The predicted molar refractivity (Wildman–Crippen MR) is 86.9 cm³/mol. The molecule has 0 atom stereocenters. The van der Waals surface area contributed by atoms with Gasteiger partial charge >= 0.3 is 6.61 Å². The summed E-state index contributed by atoms with van der Waals surface area (Å²) >= 11 is 0. The van der Waals surface area contributed by atoms with E-state index in [4.69, 9.17) is 4.74 Å². The molecule has 0 saturated carbocycles. The van der Waals surface area contributed by atoms with Crippen LogP contribution in [0.15, 0.2) is 29.1 Å². The van der Waals surface area contributed by atoms with Gasteiger partial charge in [0, 0.05) is 39.2 Å². The molecule has 1 aliphatic rings. The standard InChI is InChI=1S/C17H19F2N3O3/c1-21-16(23)8-12-10-22(6-5-13(12)20-21)9-11-3-4-14(25-17(18)19)15(7-11)24-2/h3-4,7-8,17H,5-6,9-10H2,1-2H3. The lowest BCUT2D eigenvalue weighted by atomic mass is 10.1. The Hall–Kier alpha value is -2.48. The first-order valence-corrected chi connectivity index (χ1v) is 7.86. The summed E-state index contributed by atoms with van der Waals surface area (Å²) in [6.45, 7) is -0.861. The van der Waals surface area contributed by atoms with E-state index in [2.05, 4.69) is 14.7 Å². The Balaban J connectivity index is 1.74. The van der Waals surface area contributed by atoms with Crippen LogP contribution in [0.2, 0.25) is 0 Å². The van der Waals surface area contributed by atoms with Crippen LogP contribution < -0.4 is 15.0 Å². The van der Waals surface area contributed by atoms with Gasteiger partial charge in [-0.3, -0.25) is 9.69 Å². The first kappa shape index (κ1) is 17.3. The van der Waals surface area contributed by atoms with Crippen molar-refractivity contribution in [1.82, 2.24) is 14.7 Å². The number of hydrogen-bond donors (Lipinski definition) is 0. The molecule has 6 nitrogen and oxygen atoms in total. The van der Waals surface area contributed by atoms with Gasteiger partial charge in [0.2, 0.25) is 0 Å². The molecule has 0 radical (unpaired) electrons. The topological polar surface area (TPSA) is 56.6 Å². The van der Waals surface area contributed by atoms with Crippen molar-refractivity contribution in [3.63, 3.8) is 0 Å². The first-order chi connectivity index (χ1) is 12.0. The van der Waals surface area contributed by atoms with Gasteiger partial charge in [-0.25, -0.2) is 4.68 Å². The normalized spacial score (nSPS) is 14.4. The number of fused-ring (bicyclic) bond motifs is 1. The van der Waals surface area contributed by atoms with E-state index in [-0.39, 0.29) is 17.1 Å². The van der Waals surface area contributed by atoms with Gasteiger partial charge in [0.1, 0.15) is 0 Å². The van der Waals surface area contributed by atoms with Gasteiger partial charge in [-0.2, -0.15) is 13.9 Å². The quantitative estimate of drug-likeness (QED) is 0.824. The van der Waals surface area contributed by atoms with Gasteiger partial charge in [0.05, 0.1) is 12.8 Å². The monoisotopic (exact) mass is 351 g/mol. The molecule has 0 aliphatic carbocycles. The Morgan fingerprint density at radius 2 is 2.08 bits per heavy atom. The molecule has 0 unspecified atom stereocenters. The number of aryl methyl sites for hydroxylation is 1. The van der Waals surface area contributed by atoms with Gasteiger partial charge in [0.25, 0.3) is 5.56 Å². The van der Waals surface area contributed by atoms with Crippen molar-refractivity contribution in [2.45, 2.75) is 26.1 Å². The zero-order valence-electron chi connectivity index (χ0n) is 14.0. The van der Waals surface area contributed by atoms with Crippen LogP contribution in [-0.2, 0) is 26.6 Å². The molecular formula is C17H19F2N3O3. The second-order valence-corrected chi connectivity index (χ2v) is 5.90. The summed E-state index contributed by atoms with van der Waals surface area (Å²) in [4.78, 5) is 13.9. The molecule has 0 amide bonds. The van der Waals surface area contributed by atoms with Gasteiger partial charge in [-0.1, -0.05) is 6.07 Å². The predicted octanol–water partition coefficient (Wildman–Crippen LogP) is 1.95. The molecule has 0 bridgehead atoms. The molecule has 25 heavy (non-hydrogen) atoms. The third-order valence-electron chi connectivity index (χ3n) is 4.17. The number of methoxy groups -OCH3 is 1. The zero-order chi connectivity index (χ0) is 18.0. The second kappa shape index (κ2) is 7.18. The van der Waals surface area contributed by atoms with Crippen LogP contribution in [0.25, 0.3) is 0 Å². The molecule has 0 spiro atoms. The third kappa shape index (κ3) is 3.96. The van der Waals surface area contributed by atoms with E-state index >= 15 is 0 Å². The van der Waals surface area contributed by atoms with Crippen LogP contribution in [-0.4, -0.2) is 34.9 Å². The fourth-order valence-corrected chi connectivity index (χ4v) is 2.95. The minimum absolute atomic E-state index is 0.0120. The molecule has 3 rings (SSSR count). The maximum absolute atomic E-state index is 12.4. The van der Waals surface area contributed by atoms with Gasteiger partial charge in [-0.05, 0) is 23.3 Å². The van der Waals surface area contributed by atoms with Crippen molar-refractivity contribution in [1.29, 1.82) is 0 Å². The maximum atomic E-state index is 12.4. The van der Waals surface area contributed by atoms with Gasteiger partial charge < -0.3 is 9.47 Å². The Labute approximate surface area is 143 Å². The molecule has 1 aromatic carbocycles. The van der Waals surface area contributed by atoms with Crippen molar-refractivity contribution >= 4 is 0 Å². The highest BCUT2D eigenvalue weighted by molar-refractivity contribution is 5.43. The van der Waals surface area contributed by atoms with E-state index in [0.717, 1.165) is 29.8 Å².